The Morgan fingerprint density at radius 3 is 2.50 bits per heavy atom. The van der Waals surface area contributed by atoms with Gasteiger partial charge in [0.25, 0.3) is 5.56 Å². The predicted octanol–water partition coefficient (Wildman–Crippen LogP) is -2.98. The quantitative estimate of drug-likeness (QED) is 0.458. The highest BCUT2D eigenvalue weighted by molar-refractivity contribution is 4.92. The molecule has 0 bridgehead atoms. The summed E-state index contributed by atoms with van der Waals surface area (Å²) in [5, 5.41) is 28.1. The summed E-state index contributed by atoms with van der Waals surface area (Å²) in [6.07, 6.45) is -2.81. The molecule has 8 nitrogen and oxygen atoms in total. The van der Waals surface area contributed by atoms with E-state index in [1.807, 2.05) is 0 Å². The van der Waals surface area contributed by atoms with E-state index in [1.165, 1.54) is 12.3 Å². The summed E-state index contributed by atoms with van der Waals surface area (Å²) >= 11 is 0. The van der Waals surface area contributed by atoms with Crippen molar-refractivity contribution in [1.82, 2.24) is 9.55 Å². The molecule has 0 aliphatic carbocycles. The number of hydrogen-bond donors (Lipinski definition) is 4. The minimum atomic E-state index is -1.20. The highest BCUT2D eigenvalue weighted by Crippen LogP contribution is 2.21. The van der Waals surface area contributed by atoms with Crippen LogP contribution in [0.3, 0.4) is 0 Å². The first-order valence-electron chi connectivity index (χ1n) is 5.45. The maximum Gasteiger partial charge on any atom is 0.328 e. The lowest BCUT2D eigenvalue weighted by Crippen LogP contribution is -2.38. The average Bonchev–Trinajstić information content (AvgIpc) is 2.60. The van der Waals surface area contributed by atoms with Crippen LogP contribution in [0.25, 0.3) is 0 Å². The number of H-pyrrole nitrogens is 1. The summed E-state index contributed by atoms with van der Waals surface area (Å²) in [5.74, 6) is 0. The fraction of sp³-hybridized carbons (Fsp3) is 0.600. The largest absolute Gasteiger partial charge is 0.394 e. The van der Waals surface area contributed by atoms with Crippen LogP contribution in [0.2, 0.25) is 0 Å². The first-order chi connectivity index (χ1) is 8.52. The Morgan fingerprint density at radius 2 is 1.94 bits per heavy atom. The Morgan fingerprint density at radius 1 is 1.28 bits per heavy atom. The first kappa shape index (κ1) is 13.0. The number of rotatable bonds is 3. The van der Waals surface area contributed by atoms with E-state index in [4.69, 9.17) is 9.84 Å². The van der Waals surface area contributed by atoms with Crippen molar-refractivity contribution in [2.45, 2.75) is 31.0 Å². The number of nitrogens with zero attached hydrogens (tertiary/aromatic N) is 1. The van der Waals surface area contributed by atoms with E-state index in [2.05, 4.69) is 4.98 Å². The van der Waals surface area contributed by atoms with Crippen LogP contribution in [0.1, 0.15) is 0 Å². The molecule has 0 spiro atoms. The standard InChI is InChI=1S/C10H14N2O6/c13-4-6-9(16)8(15)5(18-6)3-12-2-1-7(14)11-10(12)17/h1-2,5-6,8-9,13,15-16H,3-4H2,(H,11,14,17)/t5-,6+,8+,9+/m1/s1. The van der Waals surface area contributed by atoms with Gasteiger partial charge >= 0.3 is 5.69 Å². The van der Waals surface area contributed by atoms with Gasteiger partial charge in [-0.2, -0.15) is 0 Å². The molecule has 2 heterocycles. The Balaban J connectivity index is 2.15. The Hall–Kier alpha value is -1.48. The van der Waals surface area contributed by atoms with Crippen molar-refractivity contribution in [3.05, 3.63) is 33.1 Å². The SMILES string of the molecule is O=c1ccn(C[C@H]2O[C@@H](CO)[C@H](O)[C@H]2O)c(=O)[nH]1. The van der Waals surface area contributed by atoms with Gasteiger partial charge in [-0.1, -0.05) is 0 Å². The van der Waals surface area contributed by atoms with Crippen molar-refractivity contribution in [3.8, 4) is 0 Å². The fourth-order valence-corrected chi connectivity index (χ4v) is 1.91. The zero-order valence-corrected chi connectivity index (χ0v) is 9.39. The highest BCUT2D eigenvalue weighted by atomic mass is 16.6. The topological polar surface area (TPSA) is 125 Å². The Bertz CT molecular complexity index is 524. The van der Waals surface area contributed by atoms with E-state index in [0.717, 1.165) is 4.57 Å². The third-order valence-corrected chi connectivity index (χ3v) is 2.91. The van der Waals surface area contributed by atoms with Gasteiger partial charge in [-0.05, 0) is 0 Å². The maximum absolute atomic E-state index is 11.4. The predicted molar refractivity (Wildman–Crippen MR) is 59.1 cm³/mol. The van der Waals surface area contributed by atoms with E-state index in [-0.39, 0.29) is 6.54 Å². The molecule has 1 fully saturated rings. The summed E-state index contributed by atoms with van der Waals surface area (Å²) in [6, 6.07) is 1.17. The second-order valence-corrected chi connectivity index (χ2v) is 4.14. The molecule has 0 unspecified atom stereocenters. The lowest BCUT2D eigenvalue weighted by molar-refractivity contribution is -0.0269. The van der Waals surface area contributed by atoms with Crippen LogP contribution in [0.15, 0.2) is 21.9 Å². The van der Waals surface area contributed by atoms with E-state index in [9.17, 15) is 19.8 Å². The average molecular weight is 258 g/mol. The van der Waals surface area contributed by atoms with Crippen LogP contribution in [-0.2, 0) is 11.3 Å². The molecular weight excluding hydrogens is 244 g/mol. The first-order valence-corrected chi connectivity index (χ1v) is 5.45. The zero-order chi connectivity index (χ0) is 13.3. The summed E-state index contributed by atoms with van der Waals surface area (Å²) in [7, 11) is 0. The number of ether oxygens (including phenoxy) is 1. The molecule has 1 aliphatic rings. The Labute approximate surface area is 101 Å². The third kappa shape index (κ3) is 2.36. The minimum absolute atomic E-state index is 0.0235. The van der Waals surface area contributed by atoms with Crippen molar-refractivity contribution in [2.24, 2.45) is 0 Å². The lowest BCUT2D eigenvalue weighted by atomic mass is 10.1. The number of hydrogen-bond acceptors (Lipinski definition) is 6. The summed E-state index contributed by atoms with van der Waals surface area (Å²) < 4.78 is 6.38. The zero-order valence-electron chi connectivity index (χ0n) is 9.39. The molecule has 18 heavy (non-hydrogen) atoms. The molecule has 0 radical (unpaired) electrons. The van der Waals surface area contributed by atoms with Crippen molar-refractivity contribution in [2.75, 3.05) is 6.61 Å². The van der Waals surface area contributed by atoms with E-state index in [1.54, 1.807) is 0 Å². The molecule has 0 amide bonds. The molecule has 4 atom stereocenters. The lowest BCUT2D eigenvalue weighted by Gasteiger charge is -2.15. The van der Waals surface area contributed by atoms with Crippen LogP contribution in [-0.4, -0.2) is 55.9 Å². The minimum Gasteiger partial charge on any atom is -0.394 e. The van der Waals surface area contributed by atoms with Gasteiger partial charge < -0.3 is 20.1 Å². The van der Waals surface area contributed by atoms with E-state index in [0.29, 0.717) is 0 Å². The number of aromatic nitrogens is 2. The van der Waals surface area contributed by atoms with Crippen LogP contribution >= 0.6 is 0 Å². The molecule has 2 rings (SSSR count). The highest BCUT2D eigenvalue weighted by Gasteiger charge is 2.42. The number of aliphatic hydroxyl groups is 3. The van der Waals surface area contributed by atoms with Gasteiger partial charge in [0, 0.05) is 12.3 Å². The molecule has 1 aliphatic heterocycles. The van der Waals surface area contributed by atoms with Crippen LogP contribution in [0, 0.1) is 0 Å². The van der Waals surface area contributed by atoms with Crippen molar-refractivity contribution < 1.29 is 20.1 Å². The molecule has 8 heteroatoms. The molecule has 1 aromatic heterocycles. The summed E-state index contributed by atoms with van der Waals surface area (Å²) in [5.41, 5.74) is -1.14. The van der Waals surface area contributed by atoms with Gasteiger partial charge in [-0.25, -0.2) is 4.79 Å². The van der Waals surface area contributed by atoms with Gasteiger partial charge in [-0.3, -0.25) is 14.3 Å². The van der Waals surface area contributed by atoms with Crippen LogP contribution < -0.4 is 11.2 Å². The van der Waals surface area contributed by atoms with Crippen LogP contribution in [0.5, 0.6) is 0 Å². The van der Waals surface area contributed by atoms with Gasteiger partial charge in [-0.15, -0.1) is 0 Å². The number of aromatic amines is 1. The Kier molecular flexibility index (Phi) is 3.62. The summed E-state index contributed by atoms with van der Waals surface area (Å²) in [6.45, 7) is -0.445. The van der Waals surface area contributed by atoms with E-state index >= 15 is 0 Å². The summed E-state index contributed by atoms with van der Waals surface area (Å²) in [4.78, 5) is 24.4. The molecule has 1 saturated heterocycles. The molecule has 1 aromatic rings. The van der Waals surface area contributed by atoms with Gasteiger partial charge in [0.15, 0.2) is 0 Å². The third-order valence-electron chi connectivity index (χ3n) is 2.91. The molecular formula is C10H14N2O6. The van der Waals surface area contributed by atoms with E-state index < -0.39 is 42.3 Å². The molecule has 100 valence electrons. The van der Waals surface area contributed by atoms with Crippen molar-refractivity contribution in [3.63, 3.8) is 0 Å². The van der Waals surface area contributed by atoms with Gasteiger partial charge in [0.1, 0.15) is 24.4 Å². The second-order valence-electron chi connectivity index (χ2n) is 4.14. The molecule has 0 saturated carbocycles. The molecule has 4 N–H and O–H groups in total. The molecule has 0 aromatic carbocycles. The maximum atomic E-state index is 11.4. The van der Waals surface area contributed by atoms with Gasteiger partial charge in [0.05, 0.1) is 13.2 Å². The normalized spacial score (nSPS) is 31.7. The smallest absolute Gasteiger partial charge is 0.328 e. The van der Waals surface area contributed by atoms with Crippen LogP contribution in [0.4, 0.5) is 0 Å². The van der Waals surface area contributed by atoms with Crippen molar-refractivity contribution >= 4 is 0 Å². The van der Waals surface area contributed by atoms with Crippen molar-refractivity contribution in [1.29, 1.82) is 0 Å². The fourth-order valence-electron chi connectivity index (χ4n) is 1.91. The second kappa shape index (κ2) is 5.02. The number of aliphatic hydroxyl groups excluding tert-OH is 3. The number of nitrogens with one attached hydrogen (secondary N) is 1. The van der Waals surface area contributed by atoms with Gasteiger partial charge in [0.2, 0.25) is 0 Å². The monoisotopic (exact) mass is 258 g/mol.